The molecule has 1 atom stereocenters. The third kappa shape index (κ3) is 2.24. The number of methoxy groups -OCH3 is 2. The summed E-state index contributed by atoms with van der Waals surface area (Å²) in [7, 11) is 3.27. The van der Waals surface area contributed by atoms with Crippen molar-refractivity contribution in [2.24, 2.45) is 5.92 Å². The molecule has 0 spiro atoms. The molecule has 5 heteroatoms. The number of rotatable bonds is 3. The minimum absolute atomic E-state index is 0.669. The van der Waals surface area contributed by atoms with Crippen LogP contribution in [0.25, 0.3) is 11.4 Å². The van der Waals surface area contributed by atoms with Crippen molar-refractivity contribution in [3.63, 3.8) is 0 Å². The average Bonchev–Trinajstić information content (AvgIpc) is 2.89. The van der Waals surface area contributed by atoms with Crippen molar-refractivity contribution < 1.29 is 9.47 Å². The van der Waals surface area contributed by atoms with Crippen LogP contribution in [0.4, 0.5) is 0 Å². The first kappa shape index (κ1) is 13.0. The maximum atomic E-state index is 5.33. The molecule has 1 aromatic heterocycles. The van der Waals surface area contributed by atoms with Gasteiger partial charge in [0.15, 0.2) is 17.3 Å². The van der Waals surface area contributed by atoms with Crippen LogP contribution in [0.3, 0.4) is 0 Å². The summed E-state index contributed by atoms with van der Waals surface area (Å²) in [5, 5.41) is 4.61. The van der Waals surface area contributed by atoms with Gasteiger partial charge in [-0.1, -0.05) is 6.92 Å². The van der Waals surface area contributed by atoms with Crippen molar-refractivity contribution in [1.82, 2.24) is 14.8 Å². The van der Waals surface area contributed by atoms with Crippen LogP contribution < -0.4 is 9.47 Å². The molecular formula is C15H19N3O2. The van der Waals surface area contributed by atoms with Gasteiger partial charge in [-0.25, -0.2) is 9.67 Å². The van der Waals surface area contributed by atoms with E-state index in [1.54, 1.807) is 14.2 Å². The Morgan fingerprint density at radius 2 is 2.00 bits per heavy atom. The van der Waals surface area contributed by atoms with Crippen LogP contribution in [-0.2, 0) is 13.0 Å². The van der Waals surface area contributed by atoms with Gasteiger partial charge < -0.3 is 9.47 Å². The molecule has 5 nitrogen and oxygen atoms in total. The Labute approximate surface area is 118 Å². The lowest BCUT2D eigenvalue weighted by Crippen LogP contribution is -2.18. The van der Waals surface area contributed by atoms with E-state index < -0.39 is 0 Å². The van der Waals surface area contributed by atoms with Gasteiger partial charge in [-0.3, -0.25) is 0 Å². The zero-order valence-corrected chi connectivity index (χ0v) is 12.1. The number of benzene rings is 1. The Morgan fingerprint density at radius 1 is 1.20 bits per heavy atom. The van der Waals surface area contributed by atoms with Gasteiger partial charge >= 0.3 is 0 Å². The van der Waals surface area contributed by atoms with Crippen molar-refractivity contribution in [2.45, 2.75) is 26.3 Å². The summed E-state index contributed by atoms with van der Waals surface area (Å²) < 4.78 is 12.6. The van der Waals surface area contributed by atoms with E-state index in [4.69, 9.17) is 9.47 Å². The summed E-state index contributed by atoms with van der Waals surface area (Å²) in [4.78, 5) is 4.64. The van der Waals surface area contributed by atoms with E-state index in [9.17, 15) is 0 Å². The molecule has 1 aliphatic rings. The molecule has 106 valence electrons. The molecule has 0 bridgehead atoms. The first-order valence-corrected chi connectivity index (χ1v) is 6.87. The molecule has 0 amide bonds. The number of hydrogen-bond acceptors (Lipinski definition) is 4. The number of aryl methyl sites for hydroxylation is 1. The normalized spacial score (nSPS) is 17.6. The Bertz CT molecular complexity index is 622. The van der Waals surface area contributed by atoms with E-state index in [0.29, 0.717) is 17.4 Å². The lowest BCUT2D eigenvalue weighted by Gasteiger charge is -2.17. The minimum atomic E-state index is 0.669. The predicted octanol–water partition coefficient (Wildman–Crippen LogP) is 2.54. The van der Waals surface area contributed by atoms with Gasteiger partial charge in [0.05, 0.1) is 14.2 Å². The summed E-state index contributed by atoms with van der Waals surface area (Å²) in [6, 6.07) is 5.77. The molecule has 2 heterocycles. The highest BCUT2D eigenvalue weighted by atomic mass is 16.5. The summed E-state index contributed by atoms with van der Waals surface area (Å²) >= 11 is 0. The van der Waals surface area contributed by atoms with Gasteiger partial charge in [0.1, 0.15) is 5.82 Å². The Balaban J connectivity index is 1.97. The molecule has 0 saturated heterocycles. The maximum absolute atomic E-state index is 5.33. The van der Waals surface area contributed by atoms with Gasteiger partial charge in [0.25, 0.3) is 0 Å². The lowest BCUT2D eigenvalue weighted by molar-refractivity contribution is 0.355. The van der Waals surface area contributed by atoms with Gasteiger partial charge in [-0.2, -0.15) is 5.10 Å². The molecular weight excluding hydrogens is 254 g/mol. The Hall–Kier alpha value is -2.04. The highest BCUT2D eigenvalue weighted by Gasteiger charge is 2.19. The second-order valence-corrected chi connectivity index (χ2v) is 5.25. The van der Waals surface area contributed by atoms with Crippen molar-refractivity contribution >= 4 is 0 Å². The quantitative estimate of drug-likeness (QED) is 0.862. The van der Waals surface area contributed by atoms with Crippen molar-refractivity contribution in [1.29, 1.82) is 0 Å². The van der Waals surface area contributed by atoms with Crippen LogP contribution >= 0.6 is 0 Å². The number of nitrogens with zero attached hydrogens (tertiary/aromatic N) is 3. The van der Waals surface area contributed by atoms with E-state index >= 15 is 0 Å². The average molecular weight is 273 g/mol. The fourth-order valence-electron chi connectivity index (χ4n) is 2.57. The fraction of sp³-hybridized carbons (Fsp3) is 0.467. The number of aromatic nitrogens is 3. The molecule has 2 aromatic rings. The maximum Gasteiger partial charge on any atom is 0.181 e. The molecule has 1 aliphatic heterocycles. The summed E-state index contributed by atoms with van der Waals surface area (Å²) in [5.74, 6) is 3.92. The molecule has 0 N–H and O–H groups in total. The summed E-state index contributed by atoms with van der Waals surface area (Å²) in [6.07, 6.45) is 2.19. The zero-order chi connectivity index (χ0) is 14.1. The molecule has 0 saturated carbocycles. The van der Waals surface area contributed by atoms with Gasteiger partial charge in [-0.05, 0) is 30.5 Å². The lowest BCUT2D eigenvalue weighted by atomic mass is 10.0. The molecule has 0 radical (unpaired) electrons. The topological polar surface area (TPSA) is 49.2 Å². The minimum Gasteiger partial charge on any atom is -0.493 e. The van der Waals surface area contributed by atoms with E-state index in [1.165, 1.54) is 6.42 Å². The second kappa shape index (κ2) is 5.15. The largest absolute Gasteiger partial charge is 0.493 e. The highest BCUT2D eigenvalue weighted by Crippen LogP contribution is 2.31. The third-order valence-electron chi connectivity index (χ3n) is 3.74. The van der Waals surface area contributed by atoms with Crippen LogP contribution in [-0.4, -0.2) is 29.0 Å². The van der Waals surface area contributed by atoms with Crippen LogP contribution in [0.1, 0.15) is 19.2 Å². The van der Waals surface area contributed by atoms with Crippen LogP contribution in [0, 0.1) is 5.92 Å². The van der Waals surface area contributed by atoms with Gasteiger partial charge in [0, 0.05) is 18.5 Å². The molecule has 1 aromatic carbocycles. The first-order chi connectivity index (χ1) is 9.71. The van der Waals surface area contributed by atoms with E-state index in [-0.39, 0.29) is 0 Å². The Morgan fingerprint density at radius 3 is 2.75 bits per heavy atom. The first-order valence-electron chi connectivity index (χ1n) is 6.87. The Kier molecular flexibility index (Phi) is 3.34. The summed E-state index contributed by atoms with van der Waals surface area (Å²) in [5.41, 5.74) is 0.956. The zero-order valence-electron chi connectivity index (χ0n) is 12.1. The predicted molar refractivity (Wildman–Crippen MR) is 76.0 cm³/mol. The third-order valence-corrected chi connectivity index (χ3v) is 3.74. The SMILES string of the molecule is COc1ccc(-c2nc3n(n2)CC(C)CC3)cc1OC. The molecule has 3 rings (SSSR count). The monoisotopic (exact) mass is 273 g/mol. The second-order valence-electron chi connectivity index (χ2n) is 5.25. The van der Waals surface area contributed by atoms with Crippen molar-refractivity contribution in [2.75, 3.05) is 14.2 Å². The van der Waals surface area contributed by atoms with Crippen LogP contribution in [0.2, 0.25) is 0 Å². The number of hydrogen-bond donors (Lipinski definition) is 0. The standard InChI is InChI=1S/C15H19N3O2/c1-10-4-7-14-16-15(17-18(14)9-10)11-5-6-12(19-2)13(8-11)20-3/h5-6,8,10H,4,7,9H2,1-3H3. The van der Waals surface area contributed by atoms with Crippen LogP contribution in [0.15, 0.2) is 18.2 Å². The van der Waals surface area contributed by atoms with Gasteiger partial charge in [-0.15, -0.1) is 0 Å². The van der Waals surface area contributed by atoms with E-state index in [2.05, 4.69) is 17.0 Å². The molecule has 0 fully saturated rings. The number of ether oxygens (including phenoxy) is 2. The molecule has 1 unspecified atom stereocenters. The molecule has 20 heavy (non-hydrogen) atoms. The number of fused-ring (bicyclic) bond motifs is 1. The van der Waals surface area contributed by atoms with E-state index in [0.717, 1.165) is 30.2 Å². The fourth-order valence-corrected chi connectivity index (χ4v) is 2.57. The summed E-state index contributed by atoms with van der Waals surface area (Å²) in [6.45, 7) is 3.20. The molecule has 0 aliphatic carbocycles. The van der Waals surface area contributed by atoms with Crippen molar-refractivity contribution in [3.8, 4) is 22.9 Å². The smallest absolute Gasteiger partial charge is 0.181 e. The van der Waals surface area contributed by atoms with Gasteiger partial charge in [0.2, 0.25) is 0 Å². The van der Waals surface area contributed by atoms with Crippen LogP contribution in [0.5, 0.6) is 11.5 Å². The van der Waals surface area contributed by atoms with Crippen molar-refractivity contribution in [3.05, 3.63) is 24.0 Å². The highest BCUT2D eigenvalue weighted by molar-refractivity contribution is 5.61. The van der Waals surface area contributed by atoms with E-state index in [1.807, 2.05) is 22.9 Å².